The molecule has 0 radical (unpaired) electrons. The lowest BCUT2D eigenvalue weighted by Gasteiger charge is -2.24. The number of nitrogens with zero attached hydrogens (tertiary/aromatic N) is 1. The summed E-state index contributed by atoms with van der Waals surface area (Å²) in [5.41, 5.74) is 3.55. The van der Waals surface area contributed by atoms with Gasteiger partial charge in [-0.2, -0.15) is 8.78 Å². The van der Waals surface area contributed by atoms with E-state index in [4.69, 9.17) is 4.74 Å². The van der Waals surface area contributed by atoms with Crippen LogP contribution in [0.2, 0.25) is 0 Å². The van der Waals surface area contributed by atoms with Crippen molar-refractivity contribution >= 4 is 29.5 Å². The molecule has 0 unspecified atom stereocenters. The van der Waals surface area contributed by atoms with Gasteiger partial charge in [-0.1, -0.05) is 42.1 Å². The Morgan fingerprint density at radius 1 is 1.00 bits per heavy atom. The molecule has 218 valence electrons. The van der Waals surface area contributed by atoms with E-state index in [2.05, 4.69) is 20.7 Å². The molecule has 0 saturated carbocycles. The summed E-state index contributed by atoms with van der Waals surface area (Å²) in [6.45, 7) is -1.86. The predicted molar refractivity (Wildman–Crippen MR) is 149 cm³/mol. The van der Waals surface area contributed by atoms with E-state index in [1.165, 1.54) is 22.2 Å². The summed E-state index contributed by atoms with van der Waals surface area (Å²) in [6, 6.07) is 17.5. The lowest BCUT2D eigenvalue weighted by Crippen LogP contribution is -2.48. The molecule has 3 aromatic rings. The van der Waals surface area contributed by atoms with Gasteiger partial charge in [-0.15, -0.1) is 0 Å². The van der Waals surface area contributed by atoms with Crippen molar-refractivity contribution in [2.45, 2.75) is 54.6 Å². The second-order valence-electron chi connectivity index (χ2n) is 10.2. The Kier molecular flexibility index (Phi) is 8.09. The van der Waals surface area contributed by atoms with Gasteiger partial charge in [0, 0.05) is 38.2 Å². The summed E-state index contributed by atoms with van der Waals surface area (Å²) in [5, 5.41) is 8.66. The number of rotatable bonds is 8. The number of alkyl halides is 2. The number of nitrogens with one attached hydrogen (secondary N) is 3. The van der Waals surface area contributed by atoms with Crippen molar-refractivity contribution in [3.63, 3.8) is 0 Å². The first-order valence-electron chi connectivity index (χ1n) is 13.5. The number of carbonyl (C=O) groups is 3. The summed E-state index contributed by atoms with van der Waals surface area (Å²) in [5.74, 6) is -0.342. The number of para-hydroxylation sites is 1. The van der Waals surface area contributed by atoms with Crippen LogP contribution in [0.25, 0.3) is 0 Å². The van der Waals surface area contributed by atoms with Crippen LogP contribution in [-0.2, 0) is 34.0 Å². The van der Waals surface area contributed by atoms with E-state index in [1.807, 2.05) is 42.5 Å². The number of carbonyl (C=O) groups excluding carboxylic acids is 3. The van der Waals surface area contributed by atoms with Crippen LogP contribution in [0.3, 0.4) is 0 Å². The van der Waals surface area contributed by atoms with Crippen molar-refractivity contribution in [1.82, 2.24) is 20.9 Å². The molecule has 12 heteroatoms. The van der Waals surface area contributed by atoms with Crippen LogP contribution >= 0.6 is 11.8 Å². The number of fused-ring (bicyclic) bond motifs is 3. The summed E-state index contributed by atoms with van der Waals surface area (Å²) in [6.07, 6.45) is -1.09. The molecule has 6 rings (SSSR count). The molecule has 3 N–H and O–H groups in total. The van der Waals surface area contributed by atoms with E-state index < -0.39 is 43.0 Å². The molecule has 1 fully saturated rings. The summed E-state index contributed by atoms with van der Waals surface area (Å²) >= 11 is 1.53. The third kappa shape index (κ3) is 6.10. The Labute approximate surface area is 244 Å². The van der Waals surface area contributed by atoms with Gasteiger partial charge in [0.15, 0.2) is 0 Å². The Hall–Kier alpha value is -4.00. The number of amides is 3. The molecular formula is C30H28F2N4O5S. The molecule has 3 aliphatic rings. The van der Waals surface area contributed by atoms with Crippen LogP contribution in [0, 0.1) is 0 Å². The third-order valence-electron chi connectivity index (χ3n) is 7.44. The second kappa shape index (κ2) is 12.1. The highest BCUT2D eigenvalue weighted by Crippen LogP contribution is 2.46. The summed E-state index contributed by atoms with van der Waals surface area (Å²) in [7, 11) is 0. The molecule has 2 atom stereocenters. The first kappa shape index (κ1) is 28.1. The van der Waals surface area contributed by atoms with Crippen molar-refractivity contribution in [3.05, 3.63) is 82.9 Å². The highest BCUT2D eigenvalue weighted by molar-refractivity contribution is 7.99. The maximum absolute atomic E-state index is 13.2. The molecule has 3 heterocycles. The third-order valence-corrected chi connectivity index (χ3v) is 8.56. The van der Waals surface area contributed by atoms with E-state index in [9.17, 15) is 23.2 Å². The van der Waals surface area contributed by atoms with Gasteiger partial charge >= 0.3 is 6.61 Å². The van der Waals surface area contributed by atoms with Gasteiger partial charge in [-0.05, 0) is 47.0 Å². The number of hydrogen-bond donors (Lipinski definition) is 3. The van der Waals surface area contributed by atoms with Crippen LogP contribution in [0.1, 0.15) is 33.5 Å². The van der Waals surface area contributed by atoms with Crippen molar-refractivity contribution < 1.29 is 32.6 Å². The fourth-order valence-electron chi connectivity index (χ4n) is 5.36. The number of benzene rings is 3. The fourth-order valence-corrected chi connectivity index (χ4v) is 6.29. The minimum Gasteiger partial charge on any atom is -0.455 e. The molecule has 3 aromatic carbocycles. The number of halogens is 2. The number of ether oxygens (including phenoxy) is 2. The van der Waals surface area contributed by atoms with Crippen LogP contribution in [-0.4, -0.2) is 54.5 Å². The van der Waals surface area contributed by atoms with Gasteiger partial charge < -0.3 is 30.3 Å². The first-order chi connectivity index (χ1) is 20.3. The van der Waals surface area contributed by atoms with E-state index >= 15 is 0 Å². The zero-order valence-electron chi connectivity index (χ0n) is 22.4. The van der Waals surface area contributed by atoms with E-state index in [0.717, 1.165) is 34.0 Å². The largest absolute Gasteiger partial charge is 0.455 e. The Balaban J connectivity index is 1.08. The van der Waals surface area contributed by atoms with Gasteiger partial charge in [0.1, 0.15) is 17.5 Å². The van der Waals surface area contributed by atoms with Crippen molar-refractivity contribution in [2.24, 2.45) is 0 Å². The molecule has 3 aliphatic heterocycles. The van der Waals surface area contributed by atoms with E-state index in [1.54, 1.807) is 18.2 Å². The molecule has 9 nitrogen and oxygen atoms in total. The topological polar surface area (TPSA) is 109 Å². The number of hydrogen-bond acceptors (Lipinski definition) is 7. The van der Waals surface area contributed by atoms with Gasteiger partial charge in [0.05, 0.1) is 22.4 Å². The Bertz CT molecular complexity index is 1540. The van der Waals surface area contributed by atoms with Crippen molar-refractivity contribution in [3.8, 4) is 11.5 Å². The van der Waals surface area contributed by atoms with Crippen molar-refractivity contribution in [2.75, 3.05) is 13.1 Å². The first-order valence-corrected chi connectivity index (χ1v) is 14.3. The van der Waals surface area contributed by atoms with Crippen molar-refractivity contribution in [1.29, 1.82) is 0 Å². The summed E-state index contributed by atoms with van der Waals surface area (Å²) in [4.78, 5) is 42.2. The van der Waals surface area contributed by atoms with Gasteiger partial charge in [-0.3, -0.25) is 14.4 Å². The molecule has 42 heavy (non-hydrogen) atoms. The average Bonchev–Trinajstić information content (AvgIpc) is 3.63. The van der Waals surface area contributed by atoms with E-state index in [-0.39, 0.29) is 19.5 Å². The Morgan fingerprint density at radius 3 is 2.67 bits per heavy atom. The van der Waals surface area contributed by atoms with Crippen LogP contribution in [0.15, 0.2) is 70.5 Å². The molecule has 0 aliphatic carbocycles. The van der Waals surface area contributed by atoms with Crippen LogP contribution in [0.5, 0.6) is 11.5 Å². The quantitative estimate of drug-likeness (QED) is 0.285. The lowest BCUT2D eigenvalue weighted by atomic mass is 10.1. The highest BCUT2D eigenvalue weighted by atomic mass is 32.2. The highest BCUT2D eigenvalue weighted by Gasteiger charge is 2.41. The molecule has 0 spiro atoms. The smallest absolute Gasteiger partial charge is 0.345 e. The fraction of sp³-hybridized carbons (Fsp3) is 0.300. The predicted octanol–water partition coefficient (Wildman–Crippen LogP) is 3.80. The van der Waals surface area contributed by atoms with Crippen LogP contribution < -0.4 is 20.7 Å². The SMILES string of the molecule is O=C(NCC(=O)N1C[C@H](OC(F)F)C[C@H]1C(=O)NCc1ccc2c(c1)CNC2)c1ccc2c(c1)Oc1ccccc1S2. The average molecular weight is 595 g/mol. The van der Waals surface area contributed by atoms with E-state index in [0.29, 0.717) is 17.1 Å². The molecular weight excluding hydrogens is 566 g/mol. The molecule has 1 saturated heterocycles. The normalized spacial score (nSPS) is 18.6. The minimum absolute atomic E-state index is 0.0781. The molecule has 0 aromatic heterocycles. The standard InChI is InChI=1S/C30H28F2N4O5S/c31-30(32)40-21-11-22(29(39)34-12-17-5-6-19-13-33-14-20(19)9-17)36(16-21)27(37)15-35-28(38)18-7-8-26-24(10-18)41-23-3-1-2-4-25(23)42-26/h1-10,21-22,30,33H,11-16H2,(H,34,39)(H,35,38)/t21-,22+/m1/s1. The van der Waals surface area contributed by atoms with Crippen LogP contribution in [0.4, 0.5) is 8.78 Å². The number of likely N-dealkylation sites (tertiary alicyclic amines) is 1. The Morgan fingerprint density at radius 2 is 1.81 bits per heavy atom. The maximum Gasteiger partial charge on any atom is 0.345 e. The maximum atomic E-state index is 13.2. The minimum atomic E-state index is -3.04. The lowest BCUT2D eigenvalue weighted by molar-refractivity contribution is -0.160. The van der Waals surface area contributed by atoms with Gasteiger partial charge in [0.25, 0.3) is 5.91 Å². The zero-order chi connectivity index (χ0) is 29.2. The monoisotopic (exact) mass is 594 g/mol. The molecule has 3 amide bonds. The molecule has 0 bridgehead atoms. The second-order valence-corrected chi connectivity index (χ2v) is 11.3. The zero-order valence-corrected chi connectivity index (χ0v) is 23.2. The summed E-state index contributed by atoms with van der Waals surface area (Å²) < 4.78 is 36.5. The van der Waals surface area contributed by atoms with Gasteiger partial charge in [-0.25, -0.2) is 0 Å². The van der Waals surface area contributed by atoms with Gasteiger partial charge in [0.2, 0.25) is 11.8 Å².